The minimum absolute atomic E-state index is 0.00933. The number of esters is 3. The number of amides is 1. The molecule has 0 saturated heterocycles. The molecule has 0 aliphatic heterocycles. The average Bonchev–Trinajstić information content (AvgIpc) is 2.96. The smallest absolute Gasteiger partial charge is 0.407 e. The van der Waals surface area contributed by atoms with Crippen LogP contribution in [0.1, 0.15) is 16.8 Å². The topological polar surface area (TPSA) is 136 Å². The van der Waals surface area contributed by atoms with Crippen LogP contribution < -0.4 is 14.8 Å². The first-order valence-electron chi connectivity index (χ1n) is 12.0. The number of carbonyl (C=O) groups is 4. The minimum Gasteiger partial charge on any atom is -0.490 e. The fourth-order valence-corrected chi connectivity index (χ4v) is 2.79. The van der Waals surface area contributed by atoms with Crippen LogP contribution >= 0.6 is 0 Å². The summed E-state index contributed by atoms with van der Waals surface area (Å²) in [6.45, 7) is 6.75. The average molecular weight is 542 g/mol. The highest BCUT2D eigenvalue weighted by Gasteiger charge is 2.17. The molecular weight excluding hydrogens is 510 g/mol. The van der Waals surface area contributed by atoms with E-state index in [4.69, 9.17) is 28.4 Å². The third-order valence-corrected chi connectivity index (χ3v) is 4.69. The second-order valence-corrected chi connectivity index (χ2v) is 7.65. The Balaban J connectivity index is 1.83. The third kappa shape index (κ3) is 12.8. The first-order valence-corrected chi connectivity index (χ1v) is 12.0. The summed E-state index contributed by atoms with van der Waals surface area (Å²) in [6.07, 6.45) is 0.899. The van der Waals surface area contributed by atoms with Gasteiger partial charge in [-0.1, -0.05) is 31.4 Å². The lowest BCUT2D eigenvalue weighted by Crippen LogP contribution is -2.37. The maximum Gasteiger partial charge on any atom is 0.407 e. The molecule has 0 bridgehead atoms. The normalized spacial score (nSPS) is 10.8. The van der Waals surface area contributed by atoms with Crippen molar-refractivity contribution in [1.29, 1.82) is 0 Å². The number of ether oxygens (including phenoxy) is 6. The van der Waals surface area contributed by atoms with Gasteiger partial charge in [-0.25, -0.2) is 19.2 Å². The number of benzene rings is 2. The van der Waals surface area contributed by atoms with Gasteiger partial charge in [0.1, 0.15) is 31.3 Å². The lowest BCUT2D eigenvalue weighted by atomic mass is 10.2. The van der Waals surface area contributed by atoms with Gasteiger partial charge in [-0.2, -0.15) is 0 Å². The molecule has 0 aliphatic carbocycles. The number of rotatable bonds is 17. The van der Waals surface area contributed by atoms with Crippen molar-refractivity contribution in [1.82, 2.24) is 5.32 Å². The molecule has 208 valence electrons. The first kappa shape index (κ1) is 30.4. The zero-order chi connectivity index (χ0) is 28.3. The Morgan fingerprint density at radius 3 is 1.92 bits per heavy atom. The summed E-state index contributed by atoms with van der Waals surface area (Å²) in [7, 11) is 0. The molecule has 11 heteroatoms. The van der Waals surface area contributed by atoms with Gasteiger partial charge in [0.2, 0.25) is 0 Å². The summed E-state index contributed by atoms with van der Waals surface area (Å²) in [5.41, 5.74) is 0.308. The molecule has 0 saturated carbocycles. The van der Waals surface area contributed by atoms with Crippen molar-refractivity contribution in [3.63, 3.8) is 0 Å². The van der Waals surface area contributed by atoms with Crippen LogP contribution in [-0.4, -0.2) is 69.7 Å². The van der Waals surface area contributed by atoms with E-state index in [1.54, 1.807) is 24.3 Å². The Labute approximate surface area is 226 Å². The van der Waals surface area contributed by atoms with Crippen LogP contribution in [0.15, 0.2) is 79.9 Å². The van der Waals surface area contributed by atoms with Crippen molar-refractivity contribution >= 4 is 24.0 Å². The molecule has 1 N–H and O–H groups in total. The Bertz CT molecular complexity index is 1090. The molecule has 11 nitrogen and oxygen atoms in total. The van der Waals surface area contributed by atoms with E-state index in [1.807, 2.05) is 18.2 Å². The SMILES string of the molecule is C=CC(=O)OCCCOC(=O)c1ccc(OCC(COc2ccccc2)OC(=O)NCCOC(=O)C=C)cc1. The maximum atomic E-state index is 12.2. The van der Waals surface area contributed by atoms with Crippen molar-refractivity contribution < 1.29 is 47.6 Å². The van der Waals surface area contributed by atoms with Gasteiger partial charge in [-0.05, 0) is 36.4 Å². The predicted molar refractivity (Wildman–Crippen MR) is 139 cm³/mol. The largest absolute Gasteiger partial charge is 0.490 e. The molecule has 0 spiro atoms. The maximum absolute atomic E-state index is 12.2. The lowest BCUT2D eigenvalue weighted by molar-refractivity contribution is -0.138. The Morgan fingerprint density at radius 1 is 0.744 bits per heavy atom. The zero-order valence-corrected chi connectivity index (χ0v) is 21.4. The number of hydrogen-bond acceptors (Lipinski definition) is 10. The van der Waals surface area contributed by atoms with Gasteiger partial charge in [0.25, 0.3) is 0 Å². The number of hydrogen-bond donors (Lipinski definition) is 1. The van der Waals surface area contributed by atoms with E-state index in [-0.39, 0.29) is 39.6 Å². The van der Waals surface area contributed by atoms with Gasteiger partial charge in [-0.15, -0.1) is 0 Å². The number of carbonyl (C=O) groups excluding carboxylic acids is 4. The first-order chi connectivity index (χ1) is 18.9. The zero-order valence-electron chi connectivity index (χ0n) is 21.4. The van der Waals surface area contributed by atoms with E-state index in [0.717, 1.165) is 12.2 Å². The van der Waals surface area contributed by atoms with Gasteiger partial charge in [-0.3, -0.25) is 0 Å². The van der Waals surface area contributed by atoms with Crippen molar-refractivity contribution in [2.45, 2.75) is 12.5 Å². The van der Waals surface area contributed by atoms with Crippen molar-refractivity contribution in [3.05, 3.63) is 85.5 Å². The molecule has 0 radical (unpaired) electrons. The Hall–Kier alpha value is -4.80. The fourth-order valence-electron chi connectivity index (χ4n) is 2.79. The van der Waals surface area contributed by atoms with E-state index < -0.39 is 30.1 Å². The molecule has 0 aliphatic rings. The quantitative estimate of drug-likeness (QED) is 0.138. The summed E-state index contributed by atoms with van der Waals surface area (Å²) in [5.74, 6) is -0.663. The van der Waals surface area contributed by atoms with E-state index in [2.05, 4.69) is 18.5 Å². The Kier molecular flexibility index (Phi) is 13.7. The van der Waals surface area contributed by atoms with Gasteiger partial charge < -0.3 is 33.7 Å². The lowest BCUT2D eigenvalue weighted by Gasteiger charge is -2.19. The van der Waals surface area contributed by atoms with Crippen LogP contribution in [0.2, 0.25) is 0 Å². The summed E-state index contributed by atoms with van der Waals surface area (Å²) < 4.78 is 31.6. The van der Waals surface area contributed by atoms with Gasteiger partial charge in [0.15, 0.2) is 6.10 Å². The standard InChI is InChI=1S/C28H31NO10/c1-3-25(30)34-16-8-17-36-27(32)21-11-13-23(14-12-21)38-20-24(19-37-22-9-6-5-7-10-22)39-28(33)29-15-18-35-26(31)4-2/h3-7,9-14,24H,1-2,8,15-20H2,(H,29,33). The molecule has 0 fully saturated rings. The number of nitrogens with one attached hydrogen (secondary N) is 1. The van der Waals surface area contributed by atoms with Crippen molar-refractivity contribution in [2.24, 2.45) is 0 Å². The summed E-state index contributed by atoms with van der Waals surface area (Å²) in [6, 6.07) is 15.2. The minimum atomic E-state index is -0.791. The highest BCUT2D eigenvalue weighted by molar-refractivity contribution is 5.89. The summed E-state index contributed by atoms with van der Waals surface area (Å²) >= 11 is 0. The van der Waals surface area contributed by atoms with Crippen LogP contribution in [0.25, 0.3) is 0 Å². The molecule has 1 amide bonds. The molecule has 2 aromatic rings. The van der Waals surface area contributed by atoms with Gasteiger partial charge >= 0.3 is 24.0 Å². The summed E-state index contributed by atoms with van der Waals surface area (Å²) in [4.78, 5) is 46.4. The second kappa shape index (κ2) is 17.6. The molecule has 1 atom stereocenters. The van der Waals surface area contributed by atoms with Crippen LogP contribution in [-0.2, 0) is 28.5 Å². The number of para-hydroxylation sites is 1. The molecule has 1 unspecified atom stereocenters. The van der Waals surface area contributed by atoms with Gasteiger partial charge in [0.05, 0.1) is 25.3 Å². The highest BCUT2D eigenvalue weighted by atomic mass is 16.6. The van der Waals surface area contributed by atoms with Gasteiger partial charge in [0, 0.05) is 18.6 Å². The fraction of sp³-hybridized carbons (Fsp3) is 0.286. The van der Waals surface area contributed by atoms with E-state index in [0.29, 0.717) is 23.5 Å². The van der Waals surface area contributed by atoms with Crippen LogP contribution in [0.3, 0.4) is 0 Å². The van der Waals surface area contributed by atoms with Crippen LogP contribution in [0, 0.1) is 0 Å². The molecule has 2 aromatic carbocycles. The number of alkyl carbamates (subject to hydrolysis) is 1. The Morgan fingerprint density at radius 2 is 1.31 bits per heavy atom. The summed E-state index contributed by atoms with van der Waals surface area (Å²) in [5, 5.41) is 2.48. The van der Waals surface area contributed by atoms with Crippen LogP contribution in [0.4, 0.5) is 4.79 Å². The molecule has 0 heterocycles. The van der Waals surface area contributed by atoms with Crippen LogP contribution in [0.5, 0.6) is 11.5 Å². The highest BCUT2D eigenvalue weighted by Crippen LogP contribution is 2.15. The second-order valence-electron chi connectivity index (χ2n) is 7.65. The van der Waals surface area contributed by atoms with E-state index in [1.165, 1.54) is 12.1 Å². The molecule has 0 aromatic heterocycles. The predicted octanol–water partition coefficient (Wildman–Crippen LogP) is 3.24. The van der Waals surface area contributed by atoms with E-state index in [9.17, 15) is 19.2 Å². The van der Waals surface area contributed by atoms with E-state index >= 15 is 0 Å². The van der Waals surface area contributed by atoms with Crippen molar-refractivity contribution in [2.75, 3.05) is 39.6 Å². The molecule has 39 heavy (non-hydrogen) atoms. The third-order valence-electron chi connectivity index (χ3n) is 4.69. The monoisotopic (exact) mass is 541 g/mol. The van der Waals surface area contributed by atoms with Crippen molar-refractivity contribution in [3.8, 4) is 11.5 Å². The molecule has 2 rings (SSSR count). The molecular formula is C28H31NO10.